The van der Waals surface area contributed by atoms with Gasteiger partial charge in [0.2, 0.25) is 0 Å². The molecule has 1 saturated heterocycles. The normalized spacial score (nSPS) is 38.0. The molecule has 1 fully saturated rings. The van der Waals surface area contributed by atoms with Gasteiger partial charge in [0.05, 0.1) is 6.10 Å². The number of aliphatic hydroxyl groups is 1. The number of carbonyl (C=O) groups excluding carboxylic acids is 1. The van der Waals surface area contributed by atoms with E-state index in [1.54, 1.807) is 0 Å². The Morgan fingerprint density at radius 2 is 2.29 bits per heavy atom. The molecule has 0 radical (unpaired) electrons. The highest BCUT2D eigenvalue weighted by Crippen LogP contribution is 2.28. The molecule has 0 aliphatic carbocycles. The molecule has 82 valence electrons. The Hall–Kier alpha value is -0.610. The molecular weight excluding hydrogens is 184 g/mol. The summed E-state index contributed by atoms with van der Waals surface area (Å²) in [5.41, 5.74) is 0. The van der Waals surface area contributed by atoms with E-state index in [-0.39, 0.29) is 24.1 Å². The van der Waals surface area contributed by atoms with Crippen molar-refractivity contribution in [1.82, 2.24) is 0 Å². The summed E-state index contributed by atoms with van der Waals surface area (Å²) in [5.74, 6) is -0.155. The fraction of sp³-hybridized carbons (Fsp3) is 0.900. The maximum atomic E-state index is 10.8. The molecule has 0 saturated carbocycles. The standard InChI is InChI=1S/C10H18O4/c1-4-8-6(2)9(13-7(3)11)5-10(12)14-8/h6,8-10,12H,4-5H2,1-3H3/t6-,8-,9-,10?/m1/s1. The van der Waals surface area contributed by atoms with E-state index in [1.807, 2.05) is 13.8 Å². The van der Waals surface area contributed by atoms with Crippen molar-refractivity contribution >= 4 is 5.97 Å². The van der Waals surface area contributed by atoms with Gasteiger partial charge in [-0.25, -0.2) is 0 Å². The van der Waals surface area contributed by atoms with Crippen LogP contribution < -0.4 is 0 Å². The van der Waals surface area contributed by atoms with Crippen molar-refractivity contribution in [3.05, 3.63) is 0 Å². The van der Waals surface area contributed by atoms with Gasteiger partial charge in [-0.05, 0) is 6.42 Å². The Bertz CT molecular complexity index is 204. The summed E-state index contributed by atoms with van der Waals surface area (Å²) in [4.78, 5) is 10.8. The molecule has 0 amide bonds. The van der Waals surface area contributed by atoms with Crippen LogP contribution in [-0.4, -0.2) is 29.6 Å². The molecule has 4 nitrogen and oxygen atoms in total. The first-order valence-corrected chi connectivity index (χ1v) is 5.05. The molecule has 0 bridgehead atoms. The number of carbonyl (C=O) groups is 1. The summed E-state index contributed by atoms with van der Waals surface area (Å²) in [6.07, 6.45) is 0.137. The lowest BCUT2D eigenvalue weighted by atomic mass is 9.91. The van der Waals surface area contributed by atoms with Gasteiger partial charge in [0.1, 0.15) is 6.10 Å². The van der Waals surface area contributed by atoms with Gasteiger partial charge in [0.25, 0.3) is 0 Å². The van der Waals surface area contributed by atoms with Gasteiger partial charge in [-0.1, -0.05) is 13.8 Å². The second-order valence-electron chi connectivity index (χ2n) is 3.78. The minimum Gasteiger partial charge on any atom is -0.462 e. The summed E-state index contributed by atoms with van der Waals surface area (Å²) in [6, 6.07) is 0. The van der Waals surface area contributed by atoms with Gasteiger partial charge in [-0.15, -0.1) is 0 Å². The molecule has 1 heterocycles. The molecule has 4 atom stereocenters. The van der Waals surface area contributed by atoms with Crippen LogP contribution in [0.15, 0.2) is 0 Å². The van der Waals surface area contributed by atoms with E-state index in [1.165, 1.54) is 6.92 Å². The monoisotopic (exact) mass is 202 g/mol. The summed E-state index contributed by atoms with van der Waals surface area (Å²) < 4.78 is 10.5. The zero-order valence-corrected chi connectivity index (χ0v) is 8.90. The number of aliphatic hydroxyl groups excluding tert-OH is 1. The average Bonchev–Trinajstić information content (AvgIpc) is 2.09. The van der Waals surface area contributed by atoms with Crippen molar-refractivity contribution in [2.75, 3.05) is 0 Å². The molecule has 1 N–H and O–H groups in total. The minimum absolute atomic E-state index is 0.0249. The maximum Gasteiger partial charge on any atom is 0.302 e. The van der Waals surface area contributed by atoms with Crippen molar-refractivity contribution < 1.29 is 19.4 Å². The number of rotatable bonds is 2. The Morgan fingerprint density at radius 1 is 1.64 bits per heavy atom. The van der Waals surface area contributed by atoms with Crippen molar-refractivity contribution in [3.8, 4) is 0 Å². The van der Waals surface area contributed by atoms with Crippen LogP contribution >= 0.6 is 0 Å². The molecule has 0 aromatic rings. The van der Waals surface area contributed by atoms with Crippen molar-refractivity contribution in [2.24, 2.45) is 5.92 Å². The van der Waals surface area contributed by atoms with E-state index in [9.17, 15) is 9.90 Å². The zero-order valence-electron chi connectivity index (χ0n) is 8.90. The largest absolute Gasteiger partial charge is 0.462 e. The van der Waals surface area contributed by atoms with E-state index >= 15 is 0 Å². The lowest BCUT2D eigenvalue weighted by Gasteiger charge is -2.37. The summed E-state index contributed by atoms with van der Waals surface area (Å²) >= 11 is 0. The molecule has 1 aliphatic rings. The lowest BCUT2D eigenvalue weighted by molar-refractivity contribution is -0.219. The van der Waals surface area contributed by atoms with Crippen LogP contribution in [0, 0.1) is 5.92 Å². The molecule has 1 aliphatic heterocycles. The summed E-state index contributed by atoms with van der Waals surface area (Å²) in [6.45, 7) is 5.35. The quantitative estimate of drug-likeness (QED) is 0.680. The second-order valence-corrected chi connectivity index (χ2v) is 3.78. The molecule has 1 unspecified atom stereocenters. The average molecular weight is 202 g/mol. The predicted molar refractivity (Wildman–Crippen MR) is 50.5 cm³/mol. The highest BCUT2D eigenvalue weighted by molar-refractivity contribution is 5.66. The molecule has 0 aromatic carbocycles. The Kier molecular flexibility index (Phi) is 3.89. The van der Waals surface area contributed by atoms with Crippen LogP contribution in [0.2, 0.25) is 0 Å². The van der Waals surface area contributed by atoms with Crippen LogP contribution in [0.4, 0.5) is 0 Å². The van der Waals surface area contributed by atoms with Gasteiger partial charge in [-0.3, -0.25) is 4.79 Å². The molecule has 0 spiro atoms. The maximum absolute atomic E-state index is 10.8. The fourth-order valence-electron chi connectivity index (χ4n) is 1.87. The van der Waals surface area contributed by atoms with Gasteiger partial charge in [0.15, 0.2) is 6.29 Å². The van der Waals surface area contributed by atoms with Crippen LogP contribution in [-0.2, 0) is 14.3 Å². The van der Waals surface area contributed by atoms with E-state index in [4.69, 9.17) is 9.47 Å². The van der Waals surface area contributed by atoms with Crippen molar-refractivity contribution in [3.63, 3.8) is 0 Å². The van der Waals surface area contributed by atoms with E-state index in [0.29, 0.717) is 6.42 Å². The van der Waals surface area contributed by atoms with Crippen LogP contribution in [0.25, 0.3) is 0 Å². The van der Waals surface area contributed by atoms with Crippen LogP contribution in [0.3, 0.4) is 0 Å². The smallest absolute Gasteiger partial charge is 0.302 e. The molecule has 4 heteroatoms. The Morgan fingerprint density at radius 3 is 2.79 bits per heavy atom. The lowest BCUT2D eigenvalue weighted by Crippen LogP contribution is -2.44. The van der Waals surface area contributed by atoms with Gasteiger partial charge in [-0.2, -0.15) is 0 Å². The van der Waals surface area contributed by atoms with E-state index in [0.717, 1.165) is 6.42 Å². The molecular formula is C10H18O4. The predicted octanol–water partition coefficient (Wildman–Crippen LogP) is 1.07. The number of esters is 1. The molecule has 1 rings (SSSR count). The third-order valence-electron chi connectivity index (χ3n) is 2.66. The van der Waals surface area contributed by atoms with Crippen LogP contribution in [0.5, 0.6) is 0 Å². The van der Waals surface area contributed by atoms with Gasteiger partial charge in [0, 0.05) is 19.3 Å². The SMILES string of the molecule is CC[C@H]1OC(O)C[C@@H](OC(C)=O)[C@@H]1C. The third kappa shape index (κ3) is 2.69. The van der Waals surface area contributed by atoms with Gasteiger partial charge >= 0.3 is 5.97 Å². The molecule has 14 heavy (non-hydrogen) atoms. The van der Waals surface area contributed by atoms with Crippen molar-refractivity contribution in [1.29, 1.82) is 0 Å². The second kappa shape index (κ2) is 4.75. The third-order valence-corrected chi connectivity index (χ3v) is 2.66. The van der Waals surface area contributed by atoms with Crippen LogP contribution in [0.1, 0.15) is 33.6 Å². The highest BCUT2D eigenvalue weighted by atomic mass is 16.6. The first-order valence-electron chi connectivity index (χ1n) is 5.05. The topological polar surface area (TPSA) is 55.8 Å². The van der Waals surface area contributed by atoms with Crippen molar-refractivity contribution in [2.45, 2.75) is 52.1 Å². The zero-order chi connectivity index (χ0) is 10.7. The van der Waals surface area contributed by atoms with Gasteiger partial charge < -0.3 is 14.6 Å². The Labute approximate surface area is 84.2 Å². The first kappa shape index (κ1) is 11.5. The minimum atomic E-state index is -0.805. The first-order chi connectivity index (χ1) is 6.54. The number of hydrogen-bond acceptors (Lipinski definition) is 4. The van der Waals surface area contributed by atoms with E-state index < -0.39 is 6.29 Å². The number of ether oxygens (including phenoxy) is 2. The van der Waals surface area contributed by atoms with E-state index in [2.05, 4.69) is 0 Å². The summed E-state index contributed by atoms with van der Waals surface area (Å²) in [5, 5.41) is 9.40. The molecule has 0 aromatic heterocycles. The fourth-order valence-corrected chi connectivity index (χ4v) is 1.87. The number of hydrogen-bond donors (Lipinski definition) is 1. The Balaban J connectivity index is 2.59. The highest BCUT2D eigenvalue weighted by Gasteiger charge is 2.36. The summed E-state index contributed by atoms with van der Waals surface area (Å²) in [7, 11) is 0.